The van der Waals surface area contributed by atoms with Crippen LogP contribution in [-0.4, -0.2) is 57.7 Å². The molecular weight excluding hydrogens is 360 g/mol. The summed E-state index contributed by atoms with van der Waals surface area (Å²) in [6.45, 7) is 0.693. The van der Waals surface area contributed by atoms with Crippen molar-refractivity contribution in [2.45, 2.75) is 18.5 Å². The summed E-state index contributed by atoms with van der Waals surface area (Å²) in [5.74, 6) is 1.57. The molecule has 1 aliphatic rings. The first-order valence-corrected chi connectivity index (χ1v) is 8.88. The molecule has 3 aromatic rings. The molecule has 9 heteroatoms. The van der Waals surface area contributed by atoms with Gasteiger partial charge in [0.15, 0.2) is 0 Å². The highest BCUT2D eigenvalue weighted by molar-refractivity contribution is 5.94. The predicted molar refractivity (Wildman–Crippen MR) is 99.6 cm³/mol. The molecule has 1 aromatic carbocycles. The van der Waals surface area contributed by atoms with Crippen molar-refractivity contribution in [3.8, 4) is 17.1 Å². The second kappa shape index (κ2) is 7.73. The molecule has 144 valence electrons. The molecule has 1 aliphatic heterocycles. The summed E-state index contributed by atoms with van der Waals surface area (Å²) < 4.78 is 10.6. The van der Waals surface area contributed by atoms with Crippen molar-refractivity contribution in [3.63, 3.8) is 0 Å². The van der Waals surface area contributed by atoms with Crippen molar-refractivity contribution in [1.82, 2.24) is 30.3 Å². The highest BCUT2D eigenvalue weighted by Crippen LogP contribution is 2.30. The van der Waals surface area contributed by atoms with Gasteiger partial charge in [0.1, 0.15) is 12.1 Å². The van der Waals surface area contributed by atoms with Gasteiger partial charge in [0.05, 0.1) is 18.7 Å². The Morgan fingerprint density at radius 3 is 2.71 bits per heavy atom. The number of benzene rings is 1. The first kappa shape index (κ1) is 18.1. The highest BCUT2D eigenvalue weighted by atomic mass is 16.5. The van der Waals surface area contributed by atoms with E-state index in [1.54, 1.807) is 43.8 Å². The van der Waals surface area contributed by atoms with Crippen LogP contribution in [0, 0.1) is 0 Å². The van der Waals surface area contributed by atoms with E-state index in [1.807, 2.05) is 7.05 Å². The smallest absolute Gasteiger partial charge is 0.251 e. The second-order valence-corrected chi connectivity index (χ2v) is 6.67. The number of nitrogens with zero attached hydrogens (tertiary/aromatic N) is 5. The van der Waals surface area contributed by atoms with Crippen molar-refractivity contribution in [3.05, 3.63) is 54.4 Å². The molecule has 1 N–H and O–H groups in total. The molecule has 4 rings (SSSR count). The van der Waals surface area contributed by atoms with Gasteiger partial charge in [-0.15, -0.1) is 0 Å². The minimum Gasteiger partial charge on any atom is -0.497 e. The Bertz CT molecular complexity index is 944. The number of nitrogens with one attached hydrogen (secondary N) is 1. The lowest BCUT2D eigenvalue weighted by Crippen LogP contribution is -2.36. The fourth-order valence-electron chi connectivity index (χ4n) is 3.31. The Hall–Kier alpha value is -3.33. The van der Waals surface area contributed by atoms with Gasteiger partial charge < -0.3 is 14.6 Å². The van der Waals surface area contributed by atoms with Crippen LogP contribution in [0.25, 0.3) is 11.4 Å². The van der Waals surface area contributed by atoms with Crippen LogP contribution in [0.2, 0.25) is 0 Å². The van der Waals surface area contributed by atoms with Gasteiger partial charge in [0.2, 0.25) is 11.7 Å². The van der Waals surface area contributed by atoms with E-state index in [0.717, 1.165) is 0 Å². The number of hydrogen-bond donors (Lipinski definition) is 1. The molecule has 1 amide bonds. The van der Waals surface area contributed by atoms with Gasteiger partial charge in [0.25, 0.3) is 5.91 Å². The first-order chi connectivity index (χ1) is 13.6. The molecule has 2 aromatic heterocycles. The molecule has 2 atom stereocenters. The highest BCUT2D eigenvalue weighted by Gasteiger charge is 2.35. The molecule has 3 heterocycles. The van der Waals surface area contributed by atoms with Gasteiger partial charge in [-0.25, -0.2) is 9.97 Å². The topological polar surface area (TPSA) is 106 Å². The molecule has 0 bridgehead atoms. The number of carbonyl (C=O) groups excluding carboxylic acids is 1. The van der Waals surface area contributed by atoms with Crippen LogP contribution < -0.4 is 10.1 Å². The van der Waals surface area contributed by atoms with E-state index in [2.05, 4.69) is 30.3 Å². The predicted octanol–water partition coefficient (Wildman–Crippen LogP) is 1.71. The van der Waals surface area contributed by atoms with Crippen LogP contribution in [0.1, 0.15) is 28.7 Å². The van der Waals surface area contributed by atoms with Gasteiger partial charge >= 0.3 is 0 Å². The minimum atomic E-state index is -0.116. The maximum absolute atomic E-state index is 12.5. The van der Waals surface area contributed by atoms with Gasteiger partial charge in [-0.1, -0.05) is 5.16 Å². The standard InChI is InChI=1S/C19H20N6O3/c1-25-10-14(22-18(26)12-3-5-15(27-2)6-4-12)7-16(25)19-23-17(24-28-19)13-8-20-11-21-9-13/h3-6,8-9,11,14,16H,7,10H2,1-2H3,(H,22,26)/t14-,16-/m0/s1. The summed E-state index contributed by atoms with van der Waals surface area (Å²) in [5, 5.41) is 7.09. The lowest BCUT2D eigenvalue weighted by Gasteiger charge is -2.14. The molecule has 1 saturated heterocycles. The molecule has 0 aliphatic carbocycles. The van der Waals surface area contributed by atoms with E-state index < -0.39 is 0 Å². The Labute approximate surface area is 161 Å². The maximum atomic E-state index is 12.5. The summed E-state index contributed by atoms with van der Waals surface area (Å²) in [5.41, 5.74) is 1.29. The van der Waals surface area contributed by atoms with E-state index >= 15 is 0 Å². The normalized spacial score (nSPS) is 19.5. The summed E-state index contributed by atoms with van der Waals surface area (Å²) >= 11 is 0. The van der Waals surface area contributed by atoms with E-state index in [1.165, 1.54) is 6.33 Å². The van der Waals surface area contributed by atoms with Crippen LogP contribution in [0.5, 0.6) is 5.75 Å². The molecule has 0 radical (unpaired) electrons. The number of methoxy groups -OCH3 is 1. The van der Waals surface area contributed by atoms with E-state index in [-0.39, 0.29) is 18.0 Å². The largest absolute Gasteiger partial charge is 0.497 e. The number of carbonyl (C=O) groups is 1. The third kappa shape index (κ3) is 3.70. The van der Waals surface area contributed by atoms with Gasteiger partial charge in [0, 0.05) is 30.5 Å². The number of amides is 1. The third-order valence-electron chi connectivity index (χ3n) is 4.78. The Kier molecular flexibility index (Phi) is 4.98. The molecular formula is C19H20N6O3. The average Bonchev–Trinajstić information content (AvgIpc) is 3.35. The SMILES string of the molecule is COc1ccc(C(=O)N[C@H]2C[C@@H](c3nc(-c4cncnc4)no3)N(C)C2)cc1. The van der Waals surface area contributed by atoms with Gasteiger partial charge in [-0.2, -0.15) is 4.98 Å². The number of hydrogen-bond acceptors (Lipinski definition) is 8. The maximum Gasteiger partial charge on any atom is 0.251 e. The van der Waals surface area contributed by atoms with Crippen LogP contribution in [-0.2, 0) is 0 Å². The summed E-state index contributed by atoms with van der Waals surface area (Å²) in [7, 11) is 3.57. The Morgan fingerprint density at radius 1 is 1.25 bits per heavy atom. The lowest BCUT2D eigenvalue weighted by molar-refractivity contribution is 0.0938. The first-order valence-electron chi connectivity index (χ1n) is 8.88. The lowest BCUT2D eigenvalue weighted by atomic mass is 10.1. The monoisotopic (exact) mass is 380 g/mol. The van der Waals surface area contributed by atoms with Gasteiger partial charge in [-0.3, -0.25) is 9.69 Å². The van der Waals surface area contributed by atoms with Crippen molar-refractivity contribution < 1.29 is 14.1 Å². The molecule has 9 nitrogen and oxygen atoms in total. The van der Waals surface area contributed by atoms with Gasteiger partial charge in [-0.05, 0) is 37.7 Å². The fourth-order valence-corrected chi connectivity index (χ4v) is 3.31. The van der Waals surface area contributed by atoms with Crippen LogP contribution in [0.4, 0.5) is 0 Å². The number of rotatable bonds is 5. The Morgan fingerprint density at radius 2 is 2.00 bits per heavy atom. The van der Waals surface area contributed by atoms with Crippen LogP contribution in [0.15, 0.2) is 47.5 Å². The second-order valence-electron chi connectivity index (χ2n) is 6.67. The Balaban J connectivity index is 1.42. The van der Waals surface area contributed by atoms with E-state index in [9.17, 15) is 4.79 Å². The average molecular weight is 380 g/mol. The van der Waals surface area contributed by atoms with Crippen molar-refractivity contribution in [2.24, 2.45) is 0 Å². The molecule has 0 saturated carbocycles. The molecule has 0 unspecified atom stereocenters. The van der Waals surface area contributed by atoms with Crippen LogP contribution in [0.3, 0.4) is 0 Å². The van der Waals surface area contributed by atoms with E-state index in [0.29, 0.717) is 41.6 Å². The summed E-state index contributed by atoms with van der Waals surface area (Å²) in [6.07, 6.45) is 5.41. The zero-order valence-corrected chi connectivity index (χ0v) is 15.6. The van der Waals surface area contributed by atoms with E-state index in [4.69, 9.17) is 9.26 Å². The quantitative estimate of drug-likeness (QED) is 0.713. The number of ether oxygens (including phenoxy) is 1. The molecule has 1 fully saturated rings. The number of likely N-dealkylation sites (N-methyl/N-ethyl adjacent to an activating group) is 1. The van der Waals surface area contributed by atoms with Crippen molar-refractivity contribution in [1.29, 1.82) is 0 Å². The fraction of sp³-hybridized carbons (Fsp3) is 0.316. The third-order valence-corrected chi connectivity index (χ3v) is 4.78. The summed E-state index contributed by atoms with van der Waals surface area (Å²) in [4.78, 5) is 27.0. The van der Waals surface area contributed by atoms with Crippen molar-refractivity contribution in [2.75, 3.05) is 20.7 Å². The number of likely N-dealkylation sites (tertiary alicyclic amines) is 1. The molecule has 28 heavy (non-hydrogen) atoms. The molecule has 0 spiro atoms. The van der Waals surface area contributed by atoms with Crippen LogP contribution >= 0.6 is 0 Å². The number of aromatic nitrogens is 4. The summed E-state index contributed by atoms with van der Waals surface area (Å²) in [6, 6.07) is 6.96. The zero-order chi connectivity index (χ0) is 19.5. The minimum absolute atomic E-state index is 0.0139. The van der Waals surface area contributed by atoms with Crippen molar-refractivity contribution >= 4 is 5.91 Å². The zero-order valence-electron chi connectivity index (χ0n) is 15.6.